The van der Waals surface area contributed by atoms with Crippen LogP contribution >= 0.6 is 11.6 Å². The van der Waals surface area contributed by atoms with E-state index in [0.717, 1.165) is 24.2 Å². The van der Waals surface area contributed by atoms with Crippen LogP contribution in [-0.4, -0.2) is 23.3 Å². The Labute approximate surface area is 144 Å². The third-order valence-electron chi connectivity index (χ3n) is 3.91. The number of nitrogens with two attached hydrogens (primary N) is 1. The zero-order valence-electron chi connectivity index (χ0n) is 13.0. The van der Waals surface area contributed by atoms with Gasteiger partial charge in [0.25, 0.3) is 0 Å². The fourth-order valence-corrected chi connectivity index (χ4v) is 2.84. The van der Waals surface area contributed by atoms with E-state index in [1.807, 2.05) is 24.3 Å². The maximum atomic E-state index is 11.7. The van der Waals surface area contributed by atoms with E-state index < -0.39 is 5.91 Å². The summed E-state index contributed by atoms with van der Waals surface area (Å²) in [6.07, 6.45) is 2.92. The number of pyridine rings is 1. The van der Waals surface area contributed by atoms with Crippen molar-refractivity contribution in [2.24, 2.45) is 5.73 Å². The molecule has 124 valence electrons. The van der Waals surface area contributed by atoms with E-state index in [-0.39, 0.29) is 11.5 Å². The highest BCUT2D eigenvalue weighted by Crippen LogP contribution is 2.23. The standard InChI is InChI=1S/C17H17ClN4O2/c18-14-8-12(16(19)24)10-21-17(14)20-9-11-3-5-13(6-4-11)22-7-1-2-15(22)23/h3-6,8,10H,1-2,7,9H2,(H2,19,24)(H,20,21). The van der Waals surface area contributed by atoms with Crippen molar-refractivity contribution in [3.63, 3.8) is 0 Å². The van der Waals surface area contributed by atoms with E-state index in [1.165, 1.54) is 12.3 Å². The van der Waals surface area contributed by atoms with E-state index in [0.29, 0.717) is 23.8 Å². The van der Waals surface area contributed by atoms with Crippen molar-refractivity contribution in [3.8, 4) is 0 Å². The van der Waals surface area contributed by atoms with Gasteiger partial charge in [0.05, 0.1) is 10.6 Å². The minimum atomic E-state index is -0.567. The van der Waals surface area contributed by atoms with Crippen molar-refractivity contribution in [2.75, 3.05) is 16.8 Å². The molecule has 0 aliphatic carbocycles. The zero-order valence-corrected chi connectivity index (χ0v) is 13.7. The lowest BCUT2D eigenvalue weighted by Gasteiger charge is -2.16. The van der Waals surface area contributed by atoms with Crippen molar-refractivity contribution in [1.29, 1.82) is 0 Å². The second-order valence-corrected chi connectivity index (χ2v) is 5.99. The summed E-state index contributed by atoms with van der Waals surface area (Å²) in [5.41, 5.74) is 7.41. The first kappa shape index (κ1) is 16.3. The summed E-state index contributed by atoms with van der Waals surface area (Å²) in [5, 5.41) is 3.46. The Bertz CT molecular complexity index is 777. The Morgan fingerprint density at radius 1 is 1.33 bits per heavy atom. The molecule has 1 aliphatic heterocycles. The lowest BCUT2D eigenvalue weighted by molar-refractivity contribution is -0.117. The normalized spacial score (nSPS) is 14.0. The summed E-state index contributed by atoms with van der Waals surface area (Å²) >= 11 is 6.09. The smallest absolute Gasteiger partial charge is 0.250 e. The number of nitrogens with one attached hydrogen (secondary N) is 1. The molecule has 0 bridgehead atoms. The van der Waals surface area contributed by atoms with Crippen LogP contribution in [-0.2, 0) is 11.3 Å². The summed E-state index contributed by atoms with van der Waals surface area (Å²) in [5.74, 6) is 0.0925. The van der Waals surface area contributed by atoms with Gasteiger partial charge in [0.15, 0.2) is 0 Å². The number of carbonyl (C=O) groups excluding carboxylic acids is 2. The molecule has 1 saturated heterocycles. The number of anilines is 2. The third kappa shape index (κ3) is 3.49. The Morgan fingerprint density at radius 3 is 2.67 bits per heavy atom. The van der Waals surface area contributed by atoms with Gasteiger partial charge in [0, 0.05) is 31.4 Å². The van der Waals surface area contributed by atoms with Gasteiger partial charge in [-0.1, -0.05) is 23.7 Å². The molecule has 2 heterocycles. The second-order valence-electron chi connectivity index (χ2n) is 5.59. The third-order valence-corrected chi connectivity index (χ3v) is 4.20. The number of nitrogens with zero attached hydrogens (tertiary/aromatic N) is 2. The van der Waals surface area contributed by atoms with Gasteiger partial charge >= 0.3 is 0 Å². The summed E-state index contributed by atoms with van der Waals surface area (Å²) in [6.45, 7) is 1.30. The number of hydrogen-bond donors (Lipinski definition) is 2. The monoisotopic (exact) mass is 344 g/mol. The number of carbonyl (C=O) groups is 2. The molecule has 0 spiro atoms. The summed E-state index contributed by atoms with van der Waals surface area (Å²) in [4.78, 5) is 28.7. The minimum Gasteiger partial charge on any atom is -0.366 e. The lowest BCUT2D eigenvalue weighted by Crippen LogP contribution is -2.23. The Hall–Kier alpha value is -2.60. The SMILES string of the molecule is NC(=O)c1cnc(NCc2ccc(N3CCCC3=O)cc2)c(Cl)c1. The van der Waals surface area contributed by atoms with Crippen molar-refractivity contribution in [3.05, 3.63) is 52.7 Å². The van der Waals surface area contributed by atoms with E-state index in [2.05, 4.69) is 10.3 Å². The van der Waals surface area contributed by atoms with Gasteiger partial charge in [-0.2, -0.15) is 0 Å². The van der Waals surface area contributed by atoms with Crippen molar-refractivity contribution < 1.29 is 9.59 Å². The van der Waals surface area contributed by atoms with Gasteiger partial charge in [-0.05, 0) is 30.2 Å². The average molecular weight is 345 g/mol. The molecule has 1 aromatic carbocycles. The molecule has 24 heavy (non-hydrogen) atoms. The Balaban J connectivity index is 1.64. The number of aromatic nitrogens is 1. The average Bonchev–Trinajstić information content (AvgIpc) is 3.00. The molecule has 3 rings (SSSR count). The second kappa shape index (κ2) is 6.88. The first-order valence-electron chi connectivity index (χ1n) is 7.63. The van der Waals surface area contributed by atoms with Crippen LogP contribution < -0.4 is 16.0 Å². The number of rotatable bonds is 5. The molecule has 7 heteroatoms. The van der Waals surface area contributed by atoms with Crippen LogP contribution in [0.1, 0.15) is 28.8 Å². The molecule has 0 atom stereocenters. The topological polar surface area (TPSA) is 88.3 Å². The first-order chi connectivity index (χ1) is 11.5. The van der Waals surface area contributed by atoms with Gasteiger partial charge in [-0.15, -0.1) is 0 Å². The largest absolute Gasteiger partial charge is 0.366 e. The quantitative estimate of drug-likeness (QED) is 0.872. The highest BCUT2D eigenvalue weighted by Gasteiger charge is 2.21. The Kier molecular flexibility index (Phi) is 4.66. The maximum Gasteiger partial charge on any atom is 0.250 e. The van der Waals surface area contributed by atoms with Crippen LogP contribution in [0.4, 0.5) is 11.5 Å². The predicted octanol–water partition coefficient (Wildman–Crippen LogP) is 2.57. The molecule has 0 saturated carbocycles. The first-order valence-corrected chi connectivity index (χ1v) is 8.01. The van der Waals surface area contributed by atoms with Crippen LogP contribution in [0.2, 0.25) is 5.02 Å². The highest BCUT2D eigenvalue weighted by molar-refractivity contribution is 6.33. The van der Waals surface area contributed by atoms with Gasteiger partial charge in [0.2, 0.25) is 11.8 Å². The van der Waals surface area contributed by atoms with Gasteiger partial charge in [-0.3, -0.25) is 9.59 Å². The molecular formula is C17H17ClN4O2. The number of amides is 2. The summed E-state index contributed by atoms with van der Waals surface area (Å²) in [7, 11) is 0. The molecule has 2 aromatic rings. The molecular weight excluding hydrogens is 328 g/mol. The van der Waals surface area contributed by atoms with Crippen molar-refractivity contribution >= 4 is 34.9 Å². The van der Waals surface area contributed by atoms with Gasteiger partial charge in [0.1, 0.15) is 5.82 Å². The number of halogens is 1. The summed E-state index contributed by atoms with van der Waals surface area (Å²) in [6, 6.07) is 9.28. The fraction of sp³-hybridized carbons (Fsp3) is 0.235. The molecule has 0 unspecified atom stereocenters. The summed E-state index contributed by atoms with van der Waals surface area (Å²) < 4.78 is 0. The molecule has 1 aliphatic rings. The van der Waals surface area contributed by atoms with Crippen LogP contribution in [0.25, 0.3) is 0 Å². The number of hydrogen-bond acceptors (Lipinski definition) is 4. The van der Waals surface area contributed by atoms with Crippen molar-refractivity contribution in [2.45, 2.75) is 19.4 Å². The van der Waals surface area contributed by atoms with Crippen LogP contribution in [0.5, 0.6) is 0 Å². The van der Waals surface area contributed by atoms with E-state index in [4.69, 9.17) is 17.3 Å². The molecule has 0 radical (unpaired) electrons. The maximum absolute atomic E-state index is 11.7. The molecule has 1 aromatic heterocycles. The Morgan fingerprint density at radius 2 is 2.08 bits per heavy atom. The molecule has 1 fully saturated rings. The minimum absolute atomic E-state index is 0.173. The molecule has 2 amide bonds. The van der Waals surface area contributed by atoms with E-state index in [9.17, 15) is 9.59 Å². The molecule has 3 N–H and O–H groups in total. The van der Waals surface area contributed by atoms with Gasteiger partial charge < -0.3 is 16.0 Å². The predicted molar refractivity (Wildman–Crippen MR) is 93.1 cm³/mol. The highest BCUT2D eigenvalue weighted by atomic mass is 35.5. The van der Waals surface area contributed by atoms with E-state index in [1.54, 1.807) is 4.90 Å². The van der Waals surface area contributed by atoms with Gasteiger partial charge in [-0.25, -0.2) is 4.98 Å². The zero-order chi connectivity index (χ0) is 17.1. The van der Waals surface area contributed by atoms with Crippen molar-refractivity contribution in [1.82, 2.24) is 4.98 Å². The van der Waals surface area contributed by atoms with Crippen LogP contribution in [0.15, 0.2) is 36.5 Å². The fourth-order valence-electron chi connectivity index (χ4n) is 2.60. The lowest BCUT2D eigenvalue weighted by atomic mass is 10.2. The van der Waals surface area contributed by atoms with Crippen LogP contribution in [0, 0.1) is 0 Å². The van der Waals surface area contributed by atoms with E-state index >= 15 is 0 Å². The number of primary amides is 1. The number of benzene rings is 1. The molecule has 6 nitrogen and oxygen atoms in total. The van der Waals surface area contributed by atoms with Crippen LogP contribution in [0.3, 0.4) is 0 Å².